The number of amides is 1. The van der Waals surface area contributed by atoms with Gasteiger partial charge in [-0.05, 0) is 12.8 Å². The van der Waals surface area contributed by atoms with E-state index in [1.54, 1.807) is 4.90 Å². The Hall–Kier alpha value is -0.730. The number of carbonyl (C=O) groups is 1. The van der Waals surface area contributed by atoms with E-state index in [4.69, 9.17) is 5.11 Å². The Bertz CT molecular complexity index is 549. The van der Waals surface area contributed by atoms with Crippen LogP contribution in [0.2, 0.25) is 0 Å². The van der Waals surface area contributed by atoms with E-state index in [0.29, 0.717) is 13.0 Å². The molecule has 0 fully saturated rings. The molecule has 0 unspecified atom stereocenters. The molecule has 0 aliphatic carbocycles. The third-order valence-corrected chi connectivity index (χ3v) is 8.11. The number of hydrogen-bond acceptors (Lipinski definition) is 6. The maximum atomic E-state index is 13.0. The van der Waals surface area contributed by atoms with Crippen LogP contribution in [-0.4, -0.2) is 80.5 Å². The number of hydrogen-bond donors (Lipinski definition) is 5. The third-order valence-electron chi connectivity index (χ3n) is 8.11. The molecule has 0 aliphatic rings. The molecular weight excluding hydrogens is 506 g/mol. The summed E-state index contributed by atoms with van der Waals surface area (Å²) in [5.41, 5.74) is 0. The van der Waals surface area contributed by atoms with Crippen molar-refractivity contribution >= 4 is 5.91 Å². The van der Waals surface area contributed by atoms with Gasteiger partial charge in [-0.3, -0.25) is 4.79 Å². The molecular formula is C33H67NO6. The fourth-order valence-electron chi connectivity index (χ4n) is 5.28. The first-order valence-electron chi connectivity index (χ1n) is 17.0. The molecule has 4 atom stereocenters. The summed E-state index contributed by atoms with van der Waals surface area (Å²) in [5, 5.41) is 49.3. The monoisotopic (exact) mass is 573 g/mol. The minimum atomic E-state index is -1.67. The first kappa shape index (κ1) is 39.3. The fraction of sp³-hybridized carbons (Fsp3) is 0.970. The van der Waals surface area contributed by atoms with E-state index in [-0.39, 0.29) is 12.5 Å². The Labute approximate surface area is 246 Å². The molecule has 0 aromatic rings. The van der Waals surface area contributed by atoms with Crippen LogP contribution in [0, 0.1) is 0 Å². The second kappa shape index (κ2) is 28.4. The molecule has 240 valence electrons. The molecule has 7 nitrogen and oxygen atoms in total. The predicted octanol–water partition coefficient (Wildman–Crippen LogP) is 6.26. The molecule has 0 aromatic heterocycles. The van der Waals surface area contributed by atoms with Crippen molar-refractivity contribution in [3.63, 3.8) is 0 Å². The third kappa shape index (κ3) is 21.9. The topological polar surface area (TPSA) is 121 Å². The number of unbranched alkanes of at least 4 members (excludes halogenated alkanes) is 20. The molecule has 0 radical (unpaired) electrons. The van der Waals surface area contributed by atoms with Gasteiger partial charge in [-0.15, -0.1) is 0 Å². The summed E-state index contributed by atoms with van der Waals surface area (Å²) in [6, 6.07) is 0. The van der Waals surface area contributed by atoms with E-state index in [9.17, 15) is 25.2 Å². The summed E-state index contributed by atoms with van der Waals surface area (Å²) >= 11 is 0. The lowest BCUT2D eigenvalue weighted by molar-refractivity contribution is -0.140. The van der Waals surface area contributed by atoms with Gasteiger partial charge < -0.3 is 30.4 Å². The quantitative estimate of drug-likeness (QED) is 0.0647. The van der Waals surface area contributed by atoms with Gasteiger partial charge in [0.05, 0.1) is 6.61 Å². The molecule has 1 amide bonds. The van der Waals surface area contributed by atoms with Gasteiger partial charge in [-0.25, -0.2) is 0 Å². The van der Waals surface area contributed by atoms with Gasteiger partial charge in [0.2, 0.25) is 5.91 Å². The molecule has 0 bridgehead atoms. The highest BCUT2D eigenvalue weighted by atomic mass is 16.4. The van der Waals surface area contributed by atoms with Crippen LogP contribution in [0.3, 0.4) is 0 Å². The lowest BCUT2D eigenvalue weighted by Gasteiger charge is -2.30. The van der Waals surface area contributed by atoms with Gasteiger partial charge in [-0.1, -0.05) is 142 Å². The lowest BCUT2D eigenvalue weighted by Crippen LogP contribution is -2.50. The molecule has 0 heterocycles. The zero-order valence-electron chi connectivity index (χ0n) is 26.3. The maximum Gasteiger partial charge on any atom is 0.222 e. The molecule has 0 aliphatic heterocycles. The van der Waals surface area contributed by atoms with E-state index in [1.807, 2.05) is 0 Å². The summed E-state index contributed by atoms with van der Waals surface area (Å²) in [5.74, 6) is -0.0378. The molecule has 5 N–H and O–H groups in total. The van der Waals surface area contributed by atoms with Crippen molar-refractivity contribution in [2.75, 3.05) is 19.7 Å². The van der Waals surface area contributed by atoms with Crippen molar-refractivity contribution in [1.82, 2.24) is 4.90 Å². The highest BCUT2D eigenvalue weighted by molar-refractivity contribution is 5.76. The van der Waals surface area contributed by atoms with Crippen molar-refractivity contribution in [1.29, 1.82) is 0 Å². The van der Waals surface area contributed by atoms with Gasteiger partial charge in [0.25, 0.3) is 0 Å². The van der Waals surface area contributed by atoms with Crippen LogP contribution in [0.25, 0.3) is 0 Å². The summed E-state index contributed by atoms with van der Waals surface area (Å²) < 4.78 is 0. The molecule has 0 spiro atoms. The highest BCUT2D eigenvalue weighted by Crippen LogP contribution is 2.15. The summed E-state index contributed by atoms with van der Waals surface area (Å²) in [7, 11) is 0. The summed E-state index contributed by atoms with van der Waals surface area (Å²) in [4.78, 5) is 14.6. The van der Waals surface area contributed by atoms with E-state index in [0.717, 1.165) is 38.5 Å². The van der Waals surface area contributed by atoms with Crippen molar-refractivity contribution < 1.29 is 30.3 Å². The van der Waals surface area contributed by atoms with Gasteiger partial charge in [0.15, 0.2) is 0 Å². The Morgan fingerprint density at radius 2 is 0.875 bits per heavy atom. The zero-order valence-corrected chi connectivity index (χ0v) is 26.3. The van der Waals surface area contributed by atoms with E-state index >= 15 is 0 Å². The number of nitrogens with zero attached hydrogens (tertiary/aromatic N) is 1. The zero-order chi connectivity index (χ0) is 29.8. The van der Waals surface area contributed by atoms with E-state index in [1.165, 1.54) is 103 Å². The lowest BCUT2D eigenvalue weighted by atomic mass is 10.0. The minimum absolute atomic E-state index is 0.0378. The minimum Gasteiger partial charge on any atom is -0.394 e. The second-order valence-electron chi connectivity index (χ2n) is 12.0. The standard InChI is InChI=1S/C33H67NO6/c1-3-5-7-9-11-12-13-14-15-16-17-18-19-21-23-25-31(38)34(26-24-22-20-10-8-6-4-2)27-29(36)32(39)33(40)30(37)28-35/h29-30,32-33,35-37,39-40H,3-28H2,1-2H3/t29-,30+,32+,33+/m0/s1. The molecule has 0 saturated heterocycles. The number of aliphatic hydroxyl groups excluding tert-OH is 5. The fourth-order valence-corrected chi connectivity index (χ4v) is 5.28. The van der Waals surface area contributed by atoms with Crippen LogP contribution in [0.1, 0.15) is 162 Å². The number of aliphatic hydroxyl groups is 5. The Kier molecular flexibility index (Phi) is 27.9. The van der Waals surface area contributed by atoms with E-state index < -0.39 is 31.0 Å². The van der Waals surface area contributed by atoms with Gasteiger partial charge in [-0.2, -0.15) is 0 Å². The summed E-state index contributed by atoms with van der Waals surface area (Å²) in [6.45, 7) is 4.15. The molecule has 0 rings (SSSR count). The molecule has 0 saturated carbocycles. The van der Waals surface area contributed by atoms with Crippen molar-refractivity contribution in [3.8, 4) is 0 Å². The SMILES string of the molecule is CCCCCCCCCCCCCCCCCC(=O)N(CCCCCCCCC)C[C@H](O)[C@@H](O)[C@H](O)[C@H](O)CO. The molecule has 7 heteroatoms. The van der Waals surface area contributed by atoms with Gasteiger partial charge in [0, 0.05) is 19.5 Å². The average molecular weight is 574 g/mol. The van der Waals surface area contributed by atoms with Crippen LogP contribution < -0.4 is 0 Å². The number of carbonyl (C=O) groups excluding carboxylic acids is 1. The Balaban J connectivity index is 4.24. The Morgan fingerprint density at radius 3 is 1.27 bits per heavy atom. The maximum absolute atomic E-state index is 13.0. The van der Waals surface area contributed by atoms with Crippen LogP contribution in [0.15, 0.2) is 0 Å². The van der Waals surface area contributed by atoms with Gasteiger partial charge in [0.1, 0.15) is 24.4 Å². The normalized spacial score (nSPS) is 14.7. The Morgan fingerprint density at radius 1 is 0.525 bits per heavy atom. The first-order chi connectivity index (χ1) is 19.4. The van der Waals surface area contributed by atoms with Crippen molar-refractivity contribution in [3.05, 3.63) is 0 Å². The number of rotatable bonds is 30. The van der Waals surface area contributed by atoms with Crippen molar-refractivity contribution in [2.45, 2.75) is 186 Å². The van der Waals surface area contributed by atoms with E-state index in [2.05, 4.69) is 13.8 Å². The molecule has 40 heavy (non-hydrogen) atoms. The second-order valence-corrected chi connectivity index (χ2v) is 12.0. The smallest absolute Gasteiger partial charge is 0.222 e. The predicted molar refractivity (Wildman–Crippen MR) is 165 cm³/mol. The molecule has 0 aromatic carbocycles. The van der Waals surface area contributed by atoms with Crippen molar-refractivity contribution in [2.24, 2.45) is 0 Å². The van der Waals surface area contributed by atoms with Gasteiger partial charge >= 0.3 is 0 Å². The van der Waals surface area contributed by atoms with Crippen LogP contribution in [0.5, 0.6) is 0 Å². The van der Waals surface area contributed by atoms with Crippen LogP contribution in [0.4, 0.5) is 0 Å². The van der Waals surface area contributed by atoms with Crippen LogP contribution in [-0.2, 0) is 4.79 Å². The largest absolute Gasteiger partial charge is 0.394 e. The van der Waals surface area contributed by atoms with Crippen LogP contribution >= 0.6 is 0 Å². The summed E-state index contributed by atoms with van der Waals surface area (Å²) in [6.07, 6.45) is 21.1. The average Bonchev–Trinajstić information content (AvgIpc) is 2.96. The highest BCUT2D eigenvalue weighted by Gasteiger charge is 2.31. The first-order valence-corrected chi connectivity index (χ1v) is 17.0.